The van der Waals surface area contributed by atoms with E-state index in [0.717, 1.165) is 0 Å². The molecule has 0 unspecified atom stereocenters. The Hall–Kier alpha value is -1.23. The van der Waals surface area contributed by atoms with Crippen LogP contribution in [-0.4, -0.2) is 50.0 Å². The first-order chi connectivity index (χ1) is 12.2. The molecule has 0 saturated carbocycles. The molecule has 1 aromatic carbocycles. The fourth-order valence-corrected chi connectivity index (χ4v) is 4.80. The molecule has 0 bridgehead atoms. The number of nitrogens with one attached hydrogen (secondary N) is 2. The summed E-state index contributed by atoms with van der Waals surface area (Å²) in [6, 6.07) is 5.78. The van der Waals surface area contributed by atoms with Gasteiger partial charge in [0.2, 0.25) is 10.0 Å². The maximum absolute atomic E-state index is 12.1. The minimum absolute atomic E-state index is 0.116. The van der Waals surface area contributed by atoms with Crippen molar-refractivity contribution in [2.45, 2.75) is 25.2 Å². The molecule has 0 aromatic heterocycles. The molecule has 0 aliphatic rings. The van der Waals surface area contributed by atoms with Crippen molar-refractivity contribution in [3.8, 4) is 0 Å². The van der Waals surface area contributed by atoms with Gasteiger partial charge in [0.15, 0.2) is 0 Å². The number of amides is 1. The van der Waals surface area contributed by atoms with Crippen molar-refractivity contribution in [1.82, 2.24) is 10.0 Å². The number of hydrogen-bond acceptors (Lipinski definition) is 6. The Bertz CT molecular complexity index is 690. The van der Waals surface area contributed by atoms with Gasteiger partial charge < -0.3 is 10.4 Å². The van der Waals surface area contributed by atoms with Gasteiger partial charge in [0, 0.05) is 30.2 Å². The van der Waals surface area contributed by atoms with Crippen molar-refractivity contribution >= 4 is 43.5 Å². The number of carboxylic acid groups (broad SMARTS) is 1. The van der Waals surface area contributed by atoms with E-state index in [1.54, 1.807) is 0 Å². The zero-order chi connectivity index (χ0) is 19.6. The van der Waals surface area contributed by atoms with Gasteiger partial charge in [-0.2, -0.15) is 0 Å². The fourth-order valence-electron chi connectivity index (χ4n) is 1.70. The highest BCUT2D eigenvalue weighted by atomic mass is 33.1. The van der Waals surface area contributed by atoms with Crippen molar-refractivity contribution in [3.63, 3.8) is 0 Å². The molecule has 3 N–H and O–H groups in total. The van der Waals surface area contributed by atoms with Gasteiger partial charge in [0.25, 0.3) is 5.91 Å². The summed E-state index contributed by atoms with van der Waals surface area (Å²) in [5.41, 5.74) is 0.385. The van der Waals surface area contributed by atoms with Gasteiger partial charge in [0.1, 0.15) is 0 Å². The Kier molecular flexibility index (Phi) is 10.1. The minimum atomic E-state index is -3.56. The maximum Gasteiger partial charge on any atom is 0.304 e. The monoisotopic (exact) mass is 420 g/mol. The predicted octanol–water partition coefficient (Wildman–Crippen LogP) is 2.21. The lowest BCUT2D eigenvalue weighted by molar-refractivity contribution is -0.136. The molecule has 0 aliphatic carbocycles. The molecule has 0 heterocycles. The zero-order valence-electron chi connectivity index (χ0n) is 14.7. The predicted molar refractivity (Wildman–Crippen MR) is 106 cm³/mol. The third kappa shape index (κ3) is 8.93. The van der Waals surface area contributed by atoms with E-state index in [1.165, 1.54) is 45.9 Å². The lowest BCUT2D eigenvalue weighted by Crippen LogP contribution is -2.28. The number of aliphatic carboxylic acids is 1. The van der Waals surface area contributed by atoms with Crippen LogP contribution in [0, 0.1) is 5.92 Å². The van der Waals surface area contributed by atoms with Crippen molar-refractivity contribution in [1.29, 1.82) is 0 Å². The second-order valence-electron chi connectivity index (χ2n) is 5.81. The first-order valence-electron chi connectivity index (χ1n) is 8.06. The smallest absolute Gasteiger partial charge is 0.304 e. The van der Waals surface area contributed by atoms with E-state index in [4.69, 9.17) is 5.11 Å². The molecule has 146 valence electrons. The van der Waals surface area contributed by atoms with Gasteiger partial charge in [-0.05, 0) is 30.2 Å². The van der Waals surface area contributed by atoms with Gasteiger partial charge in [0.05, 0.1) is 11.3 Å². The molecule has 1 aromatic rings. The van der Waals surface area contributed by atoms with Crippen LogP contribution < -0.4 is 10.0 Å². The van der Waals surface area contributed by atoms with Gasteiger partial charge >= 0.3 is 5.97 Å². The lowest BCUT2D eigenvalue weighted by Gasteiger charge is -2.09. The summed E-state index contributed by atoms with van der Waals surface area (Å²) in [5, 5.41) is 11.3. The lowest BCUT2D eigenvalue weighted by atomic mass is 10.2. The minimum Gasteiger partial charge on any atom is -0.481 e. The first kappa shape index (κ1) is 22.8. The molecule has 0 atom stereocenters. The highest BCUT2D eigenvalue weighted by molar-refractivity contribution is 8.76. The molecular formula is C16H24N2O5S3. The molecule has 7 nitrogen and oxygen atoms in total. The number of rotatable bonds is 12. The van der Waals surface area contributed by atoms with Crippen LogP contribution in [0.3, 0.4) is 0 Å². The molecule has 0 spiro atoms. The maximum atomic E-state index is 12.1. The normalized spacial score (nSPS) is 11.5. The van der Waals surface area contributed by atoms with Gasteiger partial charge in [-0.25, -0.2) is 13.1 Å². The van der Waals surface area contributed by atoms with E-state index < -0.39 is 16.0 Å². The van der Waals surface area contributed by atoms with Crippen LogP contribution in [0.2, 0.25) is 0 Å². The average molecular weight is 421 g/mol. The summed E-state index contributed by atoms with van der Waals surface area (Å²) in [4.78, 5) is 22.5. The Balaban J connectivity index is 2.40. The van der Waals surface area contributed by atoms with Crippen LogP contribution in [0.1, 0.15) is 30.6 Å². The molecule has 1 rings (SSSR count). The number of carbonyl (C=O) groups is 2. The largest absolute Gasteiger partial charge is 0.481 e. The third-order valence-electron chi connectivity index (χ3n) is 3.06. The topological polar surface area (TPSA) is 113 Å². The Morgan fingerprint density at radius 2 is 1.73 bits per heavy atom. The standard InChI is InChI=1S/C16H24N2O5S3/c1-12(2)11-18-26(22,23)14-5-3-13(4-6-14)16(21)17-8-10-25-24-9-7-15(19)20/h3-6,12,18H,7-11H2,1-2H3,(H,17,21)(H,19,20). The van der Waals surface area contributed by atoms with Gasteiger partial charge in [-0.3, -0.25) is 9.59 Å². The highest BCUT2D eigenvalue weighted by Gasteiger charge is 2.15. The second kappa shape index (κ2) is 11.5. The van der Waals surface area contributed by atoms with Crippen molar-refractivity contribution in [2.75, 3.05) is 24.6 Å². The number of carboxylic acids is 1. The van der Waals surface area contributed by atoms with Crippen LogP contribution in [0.15, 0.2) is 29.2 Å². The first-order valence-corrected chi connectivity index (χ1v) is 12.0. The van der Waals surface area contributed by atoms with Crippen molar-refractivity contribution in [3.05, 3.63) is 29.8 Å². The van der Waals surface area contributed by atoms with E-state index in [9.17, 15) is 18.0 Å². The molecule has 0 aliphatic heterocycles. The number of carbonyl (C=O) groups excluding carboxylic acids is 1. The Morgan fingerprint density at radius 1 is 1.12 bits per heavy atom. The summed E-state index contributed by atoms with van der Waals surface area (Å²) in [7, 11) is -0.615. The van der Waals surface area contributed by atoms with Crippen LogP contribution in [-0.2, 0) is 14.8 Å². The molecule has 1 amide bonds. The second-order valence-corrected chi connectivity index (χ2v) is 10.3. The summed E-state index contributed by atoms with van der Waals surface area (Å²) >= 11 is 0. The summed E-state index contributed by atoms with van der Waals surface area (Å²) in [6.45, 7) is 4.63. The quantitative estimate of drug-likeness (QED) is 0.351. The zero-order valence-corrected chi connectivity index (χ0v) is 17.2. The molecule has 26 heavy (non-hydrogen) atoms. The third-order valence-corrected chi connectivity index (χ3v) is 6.91. The van der Waals surface area contributed by atoms with Crippen molar-refractivity contribution < 1.29 is 23.1 Å². The van der Waals surface area contributed by atoms with E-state index >= 15 is 0 Å². The van der Waals surface area contributed by atoms with Gasteiger partial charge in [-0.1, -0.05) is 35.4 Å². The van der Waals surface area contributed by atoms with E-state index in [2.05, 4.69) is 10.0 Å². The van der Waals surface area contributed by atoms with E-state index in [1.807, 2.05) is 13.8 Å². The highest BCUT2D eigenvalue weighted by Crippen LogP contribution is 2.21. The molecule has 0 radical (unpaired) electrons. The number of sulfonamides is 1. The number of hydrogen-bond donors (Lipinski definition) is 3. The van der Waals surface area contributed by atoms with E-state index in [0.29, 0.717) is 30.2 Å². The number of benzene rings is 1. The Labute approximate surface area is 162 Å². The average Bonchev–Trinajstić information content (AvgIpc) is 2.59. The van der Waals surface area contributed by atoms with Gasteiger partial charge in [-0.15, -0.1) is 0 Å². The van der Waals surface area contributed by atoms with Crippen molar-refractivity contribution in [2.24, 2.45) is 5.92 Å². The molecular weight excluding hydrogens is 396 g/mol. The van der Waals surface area contributed by atoms with E-state index in [-0.39, 0.29) is 23.1 Å². The Morgan fingerprint density at radius 3 is 2.31 bits per heavy atom. The van der Waals surface area contributed by atoms with Crippen LogP contribution >= 0.6 is 21.6 Å². The van der Waals surface area contributed by atoms with Crippen LogP contribution in [0.5, 0.6) is 0 Å². The molecule has 0 fully saturated rings. The summed E-state index contributed by atoms with van der Waals surface area (Å²) in [5.74, 6) is 0.280. The molecule has 10 heteroatoms. The molecule has 0 saturated heterocycles. The van der Waals surface area contributed by atoms with Crippen LogP contribution in [0.4, 0.5) is 0 Å². The fraction of sp³-hybridized carbons (Fsp3) is 0.500. The summed E-state index contributed by atoms with van der Waals surface area (Å²) < 4.78 is 26.7. The van der Waals surface area contributed by atoms with Crippen LogP contribution in [0.25, 0.3) is 0 Å². The summed E-state index contributed by atoms with van der Waals surface area (Å²) in [6.07, 6.45) is 0.116. The SMILES string of the molecule is CC(C)CNS(=O)(=O)c1ccc(C(=O)NCCSSCCC(=O)O)cc1.